The summed E-state index contributed by atoms with van der Waals surface area (Å²) in [5.74, 6) is -1.17. The average Bonchev–Trinajstić information content (AvgIpc) is 3.09. The molecular weight excluding hydrogens is 346 g/mol. The first-order valence-corrected chi connectivity index (χ1v) is 8.04. The van der Waals surface area contributed by atoms with Crippen LogP contribution in [0.25, 0.3) is 11.2 Å². The number of imidazole rings is 1. The number of anilines is 1. The fourth-order valence-electron chi connectivity index (χ4n) is 3.04. The molecule has 0 amide bonds. The molecule has 4 atom stereocenters. The molecule has 0 bridgehead atoms. The van der Waals surface area contributed by atoms with Crippen LogP contribution < -0.4 is 11.3 Å². The van der Waals surface area contributed by atoms with Gasteiger partial charge in [0.15, 0.2) is 29.6 Å². The summed E-state index contributed by atoms with van der Waals surface area (Å²) in [5.41, 5.74) is 5.34. The van der Waals surface area contributed by atoms with E-state index in [9.17, 15) is 14.4 Å². The Kier molecular flexibility index (Phi) is 4.64. The van der Waals surface area contributed by atoms with Crippen LogP contribution in [0.4, 0.5) is 5.95 Å². The van der Waals surface area contributed by atoms with Gasteiger partial charge < -0.3 is 19.9 Å². The summed E-state index contributed by atoms with van der Waals surface area (Å²) >= 11 is 0. The van der Waals surface area contributed by atoms with Gasteiger partial charge >= 0.3 is 11.9 Å². The number of nitrogens with one attached hydrogen (secondary N) is 1. The molecule has 0 spiro atoms. The van der Waals surface area contributed by atoms with Gasteiger partial charge in [0.25, 0.3) is 5.56 Å². The highest BCUT2D eigenvalue weighted by Crippen LogP contribution is 2.36. The van der Waals surface area contributed by atoms with Crippen molar-refractivity contribution in [2.45, 2.75) is 51.7 Å². The van der Waals surface area contributed by atoms with Crippen molar-refractivity contribution in [1.82, 2.24) is 19.5 Å². The van der Waals surface area contributed by atoms with E-state index in [1.807, 2.05) is 6.92 Å². The first-order chi connectivity index (χ1) is 12.3. The monoisotopic (exact) mass is 365 g/mol. The number of carbonyl (C=O) groups is 2. The highest BCUT2D eigenvalue weighted by atomic mass is 16.6. The van der Waals surface area contributed by atoms with Crippen LogP contribution in [0.1, 0.15) is 33.4 Å². The minimum absolute atomic E-state index is 0.0633. The van der Waals surface area contributed by atoms with Crippen LogP contribution >= 0.6 is 0 Å². The predicted molar refractivity (Wildman–Crippen MR) is 87.9 cm³/mol. The number of esters is 2. The first kappa shape index (κ1) is 17.9. The van der Waals surface area contributed by atoms with E-state index in [1.165, 1.54) is 24.7 Å². The van der Waals surface area contributed by atoms with Crippen molar-refractivity contribution >= 4 is 29.1 Å². The maximum atomic E-state index is 12.0. The third-order valence-corrected chi connectivity index (χ3v) is 4.02. The Morgan fingerprint density at radius 2 is 1.96 bits per heavy atom. The Labute approximate surface area is 147 Å². The van der Waals surface area contributed by atoms with Crippen LogP contribution in [0, 0.1) is 0 Å². The zero-order valence-electron chi connectivity index (χ0n) is 14.5. The lowest BCUT2D eigenvalue weighted by Crippen LogP contribution is -2.38. The standard InChI is InChI=1S/C15H19N5O6/c1-4-8-10(24-6(2)21)11(25-7(3)22)14(26-8)20-5-17-9-12(20)18-15(16)19-13(9)23/h5,8,10-11,14H,4H2,1-3H3,(H3,16,18,19,23)/t8-,10-,11-,14?/m1/s1. The molecule has 1 saturated heterocycles. The second-order valence-corrected chi connectivity index (χ2v) is 5.90. The SMILES string of the molecule is CC[C@H]1OC(n2cnc3c(=O)[nH]c(N)nc32)[C@H](OC(C)=O)[C@@H]1OC(C)=O. The lowest BCUT2D eigenvalue weighted by molar-refractivity contribution is -0.165. The molecule has 3 rings (SSSR count). The van der Waals surface area contributed by atoms with Crippen LogP contribution in [-0.4, -0.2) is 49.8 Å². The third-order valence-electron chi connectivity index (χ3n) is 4.02. The summed E-state index contributed by atoms with van der Waals surface area (Å²) in [6.45, 7) is 4.36. The number of aromatic nitrogens is 4. The Morgan fingerprint density at radius 1 is 1.31 bits per heavy atom. The quantitative estimate of drug-likeness (QED) is 0.706. The number of hydrogen-bond acceptors (Lipinski definition) is 9. The normalized spacial score (nSPS) is 25.3. The van der Waals surface area contributed by atoms with Gasteiger partial charge in [0, 0.05) is 13.8 Å². The van der Waals surface area contributed by atoms with Gasteiger partial charge in [0.2, 0.25) is 5.95 Å². The van der Waals surface area contributed by atoms with Crippen molar-refractivity contribution in [1.29, 1.82) is 0 Å². The van der Waals surface area contributed by atoms with Crippen molar-refractivity contribution in [2.24, 2.45) is 0 Å². The van der Waals surface area contributed by atoms with Crippen molar-refractivity contribution in [3.8, 4) is 0 Å². The number of rotatable bonds is 4. The van der Waals surface area contributed by atoms with Gasteiger partial charge in [-0.05, 0) is 6.42 Å². The summed E-state index contributed by atoms with van der Waals surface area (Å²) in [6, 6.07) is 0. The molecule has 0 radical (unpaired) electrons. The van der Waals surface area contributed by atoms with Gasteiger partial charge in [-0.2, -0.15) is 4.98 Å². The fraction of sp³-hybridized carbons (Fsp3) is 0.533. The largest absolute Gasteiger partial charge is 0.456 e. The molecule has 3 N–H and O–H groups in total. The topological polar surface area (TPSA) is 151 Å². The molecule has 26 heavy (non-hydrogen) atoms. The number of carbonyl (C=O) groups excluding carboxylic acids is 2. The van der Waals surface area contributed by atoms with Crippen molar-refractivity contribution in [3.05, 3.63) is 16.7 Å². The van der Waals surface area contributed by atoms with Gasteiger partial charge in [0.05, 0.1) is 6.33 Å². The maximum absolute atomic E-state index is 12.0. The maximum Gasteiger partial charge on any atom is 0.303 e. The Morgan fingerprint density at radius 3 is 2.58 bits per heavy atom. The van der Waals surface area contributed by atoms with E-state index in [2.05, 4.69) is 15.0 Å². The molecule has 11 nitrogen and oxygen atoms in total. The molecule has 0 saturated carbocycles. The number of hydrogen-bond donors (Lipinski definition) is 2. The van der Waals surface area contributed by atoms with E-state index in [-0.39, 0.29) is 17.1 Å². The highest BCUT2D eigenvalue weighted by molar-refractivity contribution is 5.71. The zero-order valence-corrected chi connectivity index (χ0v) is 14.5. The summed E-state index contributed by atoms with van der Waals surface area (Å²) in [7, 11) is 0. The molecule has 11 heteroatoms. The second-order valence-electron chi connectivity index (χ2n) is 5.90. The highest BCUT2D eigenvalue weighted by Gasteiger charge is 2.49. The second kappa shape index (κ2) is 6.75. The number of H-pyrrole nitrogens is 1. The van der Waals surface area contributed by atoms with Gasteiger partial charge in [-0.25, -0.2) is 4.98 Å². The van der Waals surface area contributed by atoms with E-state index in [0.717, 1.165) is 0 Å². The number of nitrogen functional groups attached to an aromatic ring is 1. The van der Waals surface area contributed by atoms with Crippen LogP contribution in [-0.2, 0) is 23.8 Å². The average molecular weight is 365 g/mol. The summed E-state index contributed by atoms with van der Waals surface area (Å²) < 4.78 is 18.1. The zero-order chi connectivity index (χ0) is 19.0. The van der Waals surface area contributed by atoms with E-state index < -0.39 is 42.0 Å². The number of fused-ring (bicyclic) bond motifs is 1. The van der Waals surface area contributed by atoms with Gasteiger partial charge in [-0.3, -0.25) is 23.9 Å². The Balaban J connectivity index is 2.08. The Bertz CT molecular complexity index is 906. The van der Waals surface area contributed by atoms with Crippen LogP contribution in [0.2, 0.25) is 0 Å². The van der Waals surface area contributed by atoms with E-state index >= 15 is 0 Å². The number of nitrogens with two attached hydrogens (primary N) is 1. The summed E-state index contributed by atoms with van der Waals surface area (Å²) in [4.78, 5) is 45.5. The summed E-state index contributed by atoms with van der Waals surface area (Å²) in [5, 5.41) is 0. The lowest BCUT2D eigenvalue weighted by Gasteiger charge is -2.23. The van der Waals surface area contributed by atoms with E-state index in [0.29, 0.717) is 6.42 Å². The minimum atomic E-state index is -0.930. The van der Waals surface area contributed by atoms with Gasteiger partial charge in [-0.1, -0.05) is 6.92 Å². The molecule has 1 aliphatic heterocycles. The van der Waals surface area contributed by atoms with E-state index in [1.54, 1.807) is 0 Å². The van der Waals surface area contributed by atoms with Crippen molar-refractivity contribution in [3.63, 3.8) is 0 Å². The molecule has 1 fully saturated rings. The molecule has 0 aromatic carbocycles. The fourth-order valence-corrected chi connectivity index (χ4v) is 3.04. The number of ether oxygens (including phenoxy) is 3. The number of nitrogens with zero attached hydrogens (tertiary/aromatic N) is 3. The van der Waals surface area contributed by atoms with Crippen LogP contribution in [0.3, 0.4) is 0 Å². The van der Waals surface area contributed by atoms with E-state index in [4.69, 9.17) is 19.9 Å². The van der Waals surface area contributed by atoms with Crippen LogP contribution in [0.5, 0.6) is 0 Å². The smallest absolute Gasteiger partial charge is 0.303 e. The molecular formula is C15H19N5O6. The molecule has 140 valence electrons. The first-order valence-electron chi connectivity index (χ1n) is 8.04. The minimum Gasteiger partial charge on any atom is -0.456 e. The van der Waals surface area contributed by atoms with Gasteiger partial charge in [-0.15, -0.1) is 0 Å². The van der Waals surface area contributed by atoms with Gasteiger partial charge in [0.1, 0.15) is 6.10 Å². The third kappa shape index (κ3) is 3.12. The molecule has 0 aliphatic carbocycles. The molecule has 2 aromatic rings. The Hall–Kier alpha value is -2.95. The molecule has 1 aliphatic rings. The lowest BCUT2D eigenvalue weighted by atomic mass is 10.1. The predicted octanol–water partition coefficient (Wildman–Crippen LogP) is -0.127. The van der Waals surface area contributed by atoms with Crippen molar-refractivity contribution < 1.29 is 23.8 Å². The van der Waals surface area contributed by atoms with Crippen LogP contribution in [0.15, 0.2) is 11.1 Å². The molecule has 3 heterocycles. The van der Waals surface area contributed by atoms with Crippen molar-refractivity contribution in [2.75, 3.05) is 5.73 Å². The summed E-state index contributed by atoms with van der Waals surface area (Å²) in [6.07, 6.45) is -1.27. The molecule has 1 unspecified atom stereocenters. The number of aromatic amines is 1. The molecule has 2 aromatic heterocycles.